The summed E-state index contributed by atoms with van der Waals surface area (Å²) in [4.78, 5) is 27.4. The highest BCUT2D eigenvalue weighted by atomic mass is 35.5. The molecule has 2 fully saturated rings. The molecule has 136 valence electrons. The van der Waals surface area contributed by atoms with E-state index < -0.39 is 34.8 Å². The number of amides is 2. The van der Waals surface area contributed by atoms with Gasteiger partial charge in [0, 0.05) is 5.02 Å². The number of aryl methyl sites for hydroxylation is 1. The number of fused-ring (bicyclic) bond motifs is 1. The zero-order valence-corrected chi connectivity index (χ0v) is 15.8. The van der Waals surface area contributed by atoms with Crippen LogP contribution >= 0.6 is 23.4 Å². The van der Waals surface area contributed by atoms with Crippen molar-refractivity contribution in [2.45, 2.75) is 18.1 Å². The van der Waals surface area contributed by atoms with E-state index in [1.165, 1.54) is 6.26 Å². The summed E-state index contributed by atoms with van der Waals surface area (Å²) in [6.07, 6.45) is 1.46. The number of benzene rings is 1. The Bertz CT molecular complexity index is 998. The average molecular weight is 400 g/mol. The molecule has 8 heteroatoms. The van der Waals surface area contributed by atoms with Crippen molar-refractivity contribution in [2.75, 3.05) is 4.90 Å². The molecule has 4 atom stereocenters. The molecular weight excluding hydrogens is 386 g/mol. The fraction of sp³-hybridized carbons (Fsp3) is 0.263. The number of nitrogens with one attached hydrogen (secondary N) is 1. The zero-order chi connectivity index (χ0) is 19.3. The lowest BCUT2D eigenvalue weighted by molar-refractivity contribution is -0.122. The van der Waals surface area contributed by atoms with Crippen LogP contribution in [-0.2, 0) is 9.59 Å². The van der Waals surface area contributed by atoms with E-state index in [4.69, 9.17) is 21.4 Å². The van der Waals surface area contributed by atoms with Gasteiger partial charge in [0.15, 0.2) is 0 Å². The molecule has 2 aliphatic rings. The highest BCUT2D eigenvalue weighted by molar-refractivity contribution is 8.15. The molecule has 0 spiro atoms. The van der Waals surface area contributed by atoms with E-state index in [1.54, 1.807) is 30.3 Å². The van der Waals surface area contributed by atoms with Gasteiger partial charge in [0.2, 0.25) is 11.8 Å². The van der Waals surface area contributed by atoms with Crippen LogP contribution in [0.2, 0.25) is 5.02 Å². The minimum absolute atomic E-state index is 0.0742. The van der Waals surface area contributed by atoms with Crippen LogP contribution in [0.4, 0.5) is 5.69 Å². The Morgan fingerprint density at radius 2 is 2.04 bits per heavy atom. The van der Waals surface area contributed by atoms with E-state index >= 15 is 0 Å². The maximum atomic E-state index is 13.2. The maximum absolute atomic E-state index is 13.2. The molecule has 2 amide bonds. The lowest BCUT2D eigenvalue weighted by Crippen LogP contribution is -2.39. The molecule has 0 aliphatic carbocycles. The third-order valence-corrected chi connectivity index (χ3v) is 6.67. The molecule has 27 heavy (non-hydrogen) atoms. The predicted molar refractivity (Wildman–Crippen MR) is 102 cm³/mol. The summed E-state index contributed by atoms with van der Waals surface area (Å²) in [5.74, 6) is -2.63. The lowest BCUT2D eigenvalue weighted by Gasteiger charge is -2.32. The number of anilines is 1. The summed E-state index contributed by atoms with van der Waals surface area (Å²) >= 11 is 7.16. The fourth-order valence-electron chi connectivity index (χ4n) is 3.65. The topological polar surface area (TPSA) is 98.2 Å². The second kappa shape index (κ2) is 6.55. The number of hydrogen-bond donors (Lipinski definition) is 1. The third-order valence-electron chi connectivity index (χ3n) is 5.00. The van der Waals surface area contributed by atoms with Gasteiger partial charge in [0.05, 0.1) is 34.9 Å². The average Bonchev–Trinajstić information content (AvgIpc) is 3.25. The molecular formula is C19H14ClN3O3S. The van der Waals surface area contributed by atoms with E-state index in [-0.39, 0.29) is 5.04 Å². The van der Waals surface area contributed by atoms with Gasteiger partial charge in [-0.2, -0.15) is 5.26 Å². The molecule has 2 aromatic rings. The standard InChI is InChI=1S/C19H14ClN3O3S/c1-9-4-5-10(7-12(9)20)23-18(24)15-14(13-3-2-6-26-13)11(8-21)17(22)27-16(15)19(23)25/h2-7,11,14-16,22H,1H3/t11-,14-,15-,16-/m0/s1. The molecule has 0 bridgehead atoms. The van der Waals surface area contributed by atoms with Crippen molar-refractivity contribution in [3.63, 3.8) is 0 Å². The number of carbonyl (C=O) groups is 2. The van der Waals surface area contributed by atoms with Crippen LogP contribution in [0.25, 0.3) is 0 Å². The van der Waals surface area contributed by atoms with Crippen LogP contribution in [0.15, 0.2) is 41.0 Å². The summed E-state index contributed by atoms with van der Waals surface area (Å²) < 4.78 is 5.46. The molecule has 0 unspecified atom stereocenters. The molecule has 3 heterocycles. The first-order valence-electron chi connectivity index (χ1n) is 8.26. The number of nitrogens with zero attached hydrogens (tertiary/aromatic N) is 2. The van der Waals surface area contributed by atoms with Crippen molar-refractivity contribution in [3.8, 4) is 6.07 Å². The van der Waals surface area contributed by atoms with E-state index in [2.05, 4.69) is 6.07 Å². The smallest absolute Gasteiger partial charge is 0.248 e. The predicted octanol–water partition coefficient (Wildman–Crippen LogP) is 3.75. The van der Waals surface area contributed by atoms with Crippen LogP contribution in [0.5, 0.6) is 0 Å². The van der Waals surface area contributed by atoms with Gasteiger partial charge in [-0.05, 0) is 36.8 Å². The molecule has 2 aliphatic heterocycles. The Hall–Kier alpha value is -2.56. The van der Waals surface area contributed by atoms with Crippen molar-refractivity contribution in [2.24, 2.45) is 11.8 Å². The summed E-state index contributed by atoms with van der Waals surface area (Å²) in [6, 6.07) is 10.5. The molecule has 4 rings (SSSR count). The van der Waals surface area contributed by atoms with E-state index in [0.29, 0.717) is 16.5 Å². The Kier molecular flexibility index (Phi) is 4.33. The second-order valence-electron chi connectivity index (χ2n) is 6.52. The van der Waals surface area contributed by atoms with Crippen LogP contribution in [0, 0.1) is 35.5 Å². The van der Waals surface area contributed by atoms with E-state index in [9.17, 15) is 14.9 Å². The first-order valence-corrected chi connectivity index (χ1v) is 9.52. The van der Waals surface area contributed by atoms with Gasteiger partial charge >= 0.3 is 0 Å². The number of carbonyl (C=O) groups excluding carboxylic acids is 2. The fourth-order valence-corrected chi connectivity index (χ4v) is 5.08. The van der Waals surface area contributed by atoms with Gasteiger partial charge in [-0.3, -0.25) is 15.0 Å². The first-order chi connectivity index (χ1) is 12.9. The molecule has 0 saturated carbocycles. The molecule has 0 radical (unpaired) electrons. The molecule has 1 aromatic heterocycles. The molecule has 1 aromatic carbocycles. The number of rotatable bonds is 2. The second-order valence-corrected chi connectivity index (χ2v) is 8.11. The first kappa shape index (κ1) is 17.8. The Morgan fingerprint density at radius 3 is 2.67 bits per heavy atom. The Balaban J connectivity index is 1.81. The van der Waals surface area contributed by atoms with Gasteiger partial charge in [0.1, 0.15) is 16.9 Å². The summed E-state index contributed by atoms with van der Waals surface area (Å²) in [6.45, 7) is 1.83. The van der Waals surface area contributed by atoms with Gasteiger partial charge in [-0.15, -0.1) is 0 Å². The van der Waals surface area contributed by atoms with Crippen LogP contribution < -0.4 is 4.90 Å². The third kappa shape index (κ3) is 2.68. The van der Waals surface area contributed by atoms with Crippen molar-refractivity contribution in [1.29, 1.82) is 10.7 Å². The number of furan rings is 1. The largest absolute Gasteiger partial charge is 0.469 e. The molecule has 2 saturated heterocycles. The van der Waals surface area contributed by atoms with Crippen LogP contribution in [-0.4, -0.2) is 22.1 Å². The van der Waals surface area contributed by atoms with E-state index in [0.717, 1.165) is 22.2 Å². The minimum atomic E-state index is -0.833. The minimum Gasteiger partial charge on any atom is -0.469 e. The van der Waals surface area contributed by atoms with Crippen LogP contribution in [0.1, 0.15) is 17.2 Å². The van der Waals surface area contributed by atoms with E-state index in [1.807, 2.05) is 6.92 Å². The van der Waals surface area contributed by atoms with Gasteiger partial charge in [-0.25, -0.2) is 4.90 Å². The normalized spacial score (nSPS) is 27.6. The van der Waals surface area contributed by atoms with Gasteiger partial charge in [-0.1, -0.05) is 29.4 Å². The Morgan fingerprint density at radius 1 is 1.26 bits per heavy atom. The van der Waals surface area contributed by atoms with Crippen molar-refractivity contribution >= 4 is 45.9 Å². The maximum Gasteiger partial charge on any atom is 0.248 e. The summed E-state index contributed by atoms with van der Waals surface area (Å²) in [5.41, 5.74) is 1.24. The Labute approximate surface area is 164 Å². The van der Waals surface area contributed by atoms with Crippen molar-refractivity contribution in [1.82, 2.24) is 0 Å². The monoisotopic (exact) mass is 399 g/mol. The number of imide groups is 1. The zero-order valence-electron chi connectivity index (χ0n) is 14.2. The van der Waals surface area contributed by atoms with Crippen molar-refractivity contribution < 1.29 is 14.0 Å². The summed E-state index contributed by atoms with van der Waals surface area (Å²) in [7, 11) is 0. The van der Waals surface area contributed by atoms with Crippen molar-refractivity contribution in [3.05, 3.63) is 52.9 Å². The summed E-state index contributed by atoms with van der Waals surface area (Å²) in [5, 5.41) is 17.6. The molecule has 1 N–H and O–H groups in total. The lowest BCUT2D eigenvalue weighted by atomic mass is 9.79. The SMILES string of the molecule is Cc1ccc(N2C(=O)[C@H]3[C@H](c4ccco4)[C@H](C#N)C(=N)S[C@@H]3C2=O)cc1Cl. The number of thioether (sulfide) groups is 1. The van der Waals surface area contributed by atoms with Gasteiger partial charge in [0.25, 0.3) is 0 Å². The number of hydrogen-bond acceptors (Lipinski definition) is 6. The number of nitriles is 1. The quantitative estimate of drug-likeness (QED) is 0.775. The highest BCUT2D eigenvalue weighted by Gasteiger charge is 2.59. The van der Waals surface area contributed by atoms with Crippen LogP contribution in [0.3, 0.4) is 0 Å². The number of halogens is 1. The molecule has 6 nitrogen and oxygen atoms in total. The van der Waals surface area contributed by atoms with Gasteiger partial charge < -0.3 is 4.42 Å². The highest BCUT2D eigenvalue weighted by Crippen LogP contribution is 2.50.